The summed E-state index contributed by atoms with van der Waals surface area (Å²) in [6.07, 6.45) is 0.839. The molecule has 0 amide bonds. The highest BCUT2D eigenvalue weighted by Gasteiger charge is 2.10. The fourth-order valence-electron chi connectivity index (χ4n) is 1.80. The van der Waals surface area contributed by atoms with Crippen LogP contribution in [-0.2, 0) is 6.42 Å². The van der Waals surface area contributed by atoms with Crippen LogP contribution in [-0.4, -0.2) is 19.6 Å². The zero-order chi connectivity index (χ0) is 11.3. The zero-order valence-electron chi connectivity index (χ0n) is 9.46. The van der Waals surface area contributed by atoms with E-state index in [1.54, 1.807) is 0 Å². The number of halogens is 1. The molecule has 0 spiro atoms. The second-order valence-corrected chi connectivity index (χ2v) is 3.86. The van der Waals surface area contributed by atoms with Gasteiger partial charge in [0.05, 0.1) is 0 Å². The highest BCUT2D eigenvalue weighted by atomic mass is 35.5. The summed E-state index contributed by atoms with van der Waals surface area (Å²) in [6, 6.07) is 6.04. The smallest absolute Gasteiger partial charge is 0.0459 e. The standard InChI is InChI=1S/C12H19ClN2/c1-3-15(4-2)12-7-5-6-11(13)10(12)8-9-14/h5-7H,3-4,8-9,14H2,1-2H3. The summed E-state index contributed by atoms with van der Waals surface area (Å²) in [6.45, 7) is 6.92. The number of hydrogen-bond acceptors (Lipinski definition) is 2. The summed E-state index contributed by atoms with van der Waals surface area (Å²) in [5.41, 5.74) is 8.00. The molecule has 0 aromatic heterocycles. The first-order valence-corrected chi connectivity index (χ1v) is 5.84. The van der Waals surface area contributed by atoms with Crippen LogP contribution >= 0.6 is 11.6 Å². The number of benzene rings is 1. The molecule has 0 radical (unpaired) electrons. The number of nitrogens with two attached hydrogens (primary N) is 1. The van der Waals surface area contributed by atoms with Crippen LogP contribution in [0.25, 0.3) is 0 Å². The van der Waals surface area contributed by atoms with Crippen molar-refractivity contribution in [3.05, 3.63) is 28.8 Å². The van der Waals surface area contributed by atoms with Crippen LogP contribution in [0.5, 0.6) is 0 Å². The van der Waals surface area contributed by atoms with Gasteiger partial charge in [-0.15, -0.1) is 0 Å². The summed E-state index contributed by atoms with van der Waals surface area (Å²) < 4.78 is 0. The molecule has 0 saturated heterocycles. The van der Waals surface area contributed by atoms with Crippen LogP contribution in [0.1, 0.15) is 19.4 Å². The monoisotopic (exact) mass is 226 g/mol. The van der Waals surface area contributed by atoms with Crippen molar-refractivity contribution in [1.82, 2.24) is 0 Å². The molecule has 1 aromatic rings. The van der Waals surface area contributed by atoms with Crippen molar-refractivity contribution < 1.29 is 0 Å². The maximum absolute atomic E-state index is 6.18. The molecule has 0 bridgehead atoms. The predicted octanol–water partition coefficient (Wildman–Crippen LogP) is 2.69. The van der Waals surface area contributed by atoms with E-state index in [1.165, 1.54) is 11.3 Å². The van der Waals surface area contributed by atoms with E-state index in [0.717, 1.165) is 24.5 Å². The molecule has 0 aliphatic rings. The third-order valence-electron chi connectivity index (χ3n) is 2.59. The van der Waals surface area contributed by atoms with Crippen LogP contribution < -0.4 is 10.6 Å². The van der Waals surface area contributed by atoms with E-state index in [1.807, 2.05) is 12.1 Å². The minimum absolute atomic E-state index is 0.637. The van der Waals surface area contributed by atoms with E-state index in [-0.39, 0.29) is 0 Å². The van der Waals surface area contributed by atoms with Gasteiger partial charge in [-0.05, 0) is 44.5 Å². The predicted molar refractivity (Wildman–Crippen MR) is 67.8 cm³/mol. The fourth-order valence-corrected chi connectivity index (χ4v) is 2.06. The maximum atomic E-state index is 6.18. The van der Waals surface area contributed by atoms with Crippen LogP contribution in [0.15, 0.2) is 18.2 Å². The molecule has 0 atom stereocenters. The Balaban J connectivity index is 3.09. The molecule has 1 aromatic carbocycles. The van der Waals surface area contributed by atoms with Crippen LogP contribution in [0, 0.1) is 0 Å². The quantitative estimate of drug-likeness (QED) is 0.837. The van der Waals surface area contributed by atoms with Crippen molar-refractivity contribution in [1.29, 1.82) is 0 Å². The first-order valence-electron chi connectivity index (χ1n) is 5.47. The summed E-state index contributed by atoms with van der Waals surface area (Å²) in [4.78, 5) is 2.30. The van der Waals surface area contributed by atoms with Crippen molar-refractivity contribution in [2.24, 2.45) is 5.73 Å². The lowest BCUT2D eigenvalue weighted by molar-refractivity contribution is 0.849. The Morgan fingerprint density at radius 2 is 1.93 bits per heavy atom. The van der Waals surface area contributed by atoms with Gasteiger partial charge >= 0.3 is 0 Å². The Bertz CT molecular complexity index is 308. The van der Waals surface area contributed by atoms with Gasteiger partial charge in [-0.25, -0.2) is 0 Å². The van der Waals surface area contributed by atoms with Gasteiger partial charge < -0.3 is 10.6 Å². The fraction of sp³-hybridized carbons (Fsp3) is 0.500. The lowest BCUT2D eigenvalue weighted by Gasteiger charge is -2.24. The number of hydrogen-bond donors (Lipinski definition) is 1. The molecule has 0 saturated carbocycles. The molecule has 2 N–H and O–H groups in total. The normalized spacial score (nSPS) is 10.4. The second-order valence-electron chi connectivity index (χ2n) is 3.45. The number of anilines is 1. The second kappa shape index (κ2) is 5.99. The van der Waals surface area contributed by atoms with E-state index in [4.69, 9.17) is 17.3 Å². The Hall–Kier alpha value is -0.730. The molecular formula is C12H19ClN2. The average Bonchev–Trinajstić information content (AvgIpc) is 2.24. The lowest BCUT2D eigenvalue weighted by Crippen LogP contribution is -2.23. The van der Waals surface area contributed by atoms with Crippen LogP contribution in [0.4, 0.5) is 5.69 Å². The molecule has 3 heteroatoms. The molecule has 0 fully saturated rings. The molecule has 15 heavy (non-hydrogen) atoms. The zero-order valence-corrected chi connectivity index (χ0v) is 10.2. The SMILES string of the molecule is CCN(CC)c1cccc(Cl)c1CCN. The van der Waals surface area contributed by atoms with Crippen LogP contribution in [0.2, 0.25) is 5.02 Å². The van der Waals surface area contributed by atoms with Gasteiger partial charge in [0.25, 0.3) is 0 Å². The minimum atomic E-state index is 0.637. The number of rotatable bonds is 5. The summed E-state index contributed by atoms with van der Waals surface area (Å²) in [7, 11) is 0. The highest BCUT2D eigenvalue weighted by Crippen LogP contribution is 2.27. The van der Waals surface area contributed by atoms with Gasteiger partial charge in [0.2, 0.25) is 0 Å². The Kier molecular flexibility index (Phi) is 4.92. The summed E-state index contributed by atoms with van der Waals surface area (Å²) >= 11 is 6.18. The third-order valence-corrected chi connectivity index (χ3v) is 2.95. The molecule has 0 aliphatic carbocycles. The van der Waals surface area contributed by atoms with Gasteiger partial charge in [0, 0.05) is 23.8 Å². The Morgan fingerprint density at radius 1 is 1.27 bits per heavy atom. The molecule has 1 rings (SSSR count). The highest BCUT2D eigenvalue weighted by molar-refractivity contribution is 6.31. The van der Waals surface area contributed by atoms with Gasteiger partial charge in [0.1, 0.15) is 0 Å². The van der Waals surface area contributed by atoms with E-state index in [2.05, 4.69) is 24.8 Å². The van der Waals surface area contributed by atoms with Crippen LogP contribution in [0.3, 0.4) is 0 Å². The Morgan fingerprint density at radius 3 is 2.47 bits per heavy atom. The van der Waals surface area contributed by atoms with E-state index in [9.17, 15) is 0 Å². The first-order chi connectivity index (χ1) is 7.24. The molecule has 0 heterocycles. The van der Waals surface area contributed by atoms with E-state index in [0.29, 0.717) is 6.54 Å². The average molecular weight is 227 g/mol. The molecule has 84 valence electrons. The topological polar surface area (TPSA) is 29.3 Å². The van der Waals surface area contributed by atoms with Gasteiger partial charge in [-0.2, -0.15) is 0 Å². The molecular weight excluding hydrogens is 208 g/mol. The van der Waals surface area contributed by atoms with Crippen molar-refractivity contribution in [2.45, 2.75) is 20.3 Å². The molecule has 0 unspecified atom stereocenters. The maximum Gasteiger partial charge on any atom is 0.0459 e. The van der Waals surface area contributed by atoms with Crippen molar-refractivity contribution in [3.63, 3.8) is 0 Å². The summed E-state index contributed by atoms with van der Waals surface area (Å²) in [5, 5.41) is 0.824. The molecule has 2 nitrogen and oxygen atoms in total. The minimum Gasteiger partial charge on any atom is -0.372 e. The largest absolute Gasteiger partial charge is 0.372 e. The van der Waals surface area contributed by atoms with Crippen molar-refractivity contribution in [2.75, 3.05) is 24.5 Å². The summed E-state index contributed by atoms with van der Waals surface area (Å²) in [5.74, 6) is 0. The third kappa shape index (κ3) is 2.86. The van der Waals surface area contributed by atoms with Gasteiger partial charge in [-0.1, -0.05) is 17.7 Å². The number of nitrogens with zero attached hydrogens (tertiary/aromatic N) is 1. The van der Waals surface area contributed by atoms with Crippen molar-refractivity contribution in [3.8, 4) is 0 Å². The molecule has 0 aliphatic heterocycles. The first kappa shape index (κ1) is 12.3. The van der Waals surface area contributed by atoms with Crippen molar-refractivity contribution >= 4 is 17.3 Å². The Labute approximate surface area is 97.0 Å². The lowest BCUT2D eigenvalue weighted by atomic mass is 10.1. The van der Waals surface area contributed by atoms with Gasteiger partial charge in [-0.3, -0.25) is 0 Å². The van der Waals surface area contributed by atoms with E-state index < -0.39 is 0 Å². The van der Waals surface area contributed by atoms with E-state index >= 15 is 0 Å². The van der Waals surface area contributed by atoms with Gasteiger partial charge in [0.15, 0.2) is 0 Å².